The summed E-state index contributed by atoms with van der Waals surface area (Å²) in [7, 11) is 0. The summed E-state index contributed by atoms with van der Waals surface area (Å²) in [4.78, 5) is 16.5. The van der Waals surface area contributed by atoms with Crippen LogP contribution >= 0.6 is 24.0 Å². The van der Waals surface area contributed by atoms with Gasteiger partial charge in [0.2, 0.25) is 0 Å². The highest BCUT2D eigenvalue weighted by atomic mass is 127. The summed E-state index contributed by atoms with van der Waals surface area (Å²) in [6, 6.07) is 9.79. The number of hydrogen-bond donors (Lipinski definition) is 3. The van der Waals surface area contributed by atoms with Crippen molar-refractivity contribution >= 4 is 35.8 Å². The van der Waals surface area contributed by atoms with Gasteiger partial charge in [0.15, 0.2) is 5.96 Å². The summed E-state index contributed by atoms with van der Waals surface area (Å²) < 4.78 is 0. The van der Waals surface area contributed by atoms with E-state index >= 15 is 0 Å². The number of rotatable bonds is 6. The molecule has 3 N–H and O–H groups in total. The zero-order valence-electron chi connectivity index (χ0n) is 14.4. The standard InChI is InChI=1S/C18H28N4O.HI/c1-2-19-18(22-16-11-7-4-8-12-16)21-14-13-20-17(23)15-9-5-3-6-10-15;/h3,5-6,9-10,16H,2,4,7-8,11-14H2,1H3,(H,20,23)(H2,19,21,22);1H. The van der Waals surface area contributed by atoms with Crippen molar-refractivity contribution in [2.24, 2.45) is 4.99 Å². The number of aliphatic imine (C=N–C) groups is 1. The topological polar surface area (TPSA) is 65.5 Å². The first-order chi connectivity index (χ1) is 11.3. The summed E-state index contributed by atoms with van der Waals surface area (Å²) in [6.45, 7) is 4.01. The van der Waals surface area contributed by atoms with Gasteiger partial charge in [0, 0.05) is 24.7 Å². The molecule has 0 bridgehead atoms. The molecule has 1 aliphatic carbocycles. The van der Waals surface area contributed by atoms with E-state index in [1.54, 1.807) is 0 Å². The smallest absolute Gasteiger partial charge is 0.251 e. The highest BCUT2D eigenvalue weighted by Gasteiger charge is 2.14. The second-order valence-corrected chi connectivity index (χ2v) is 5.86. The van der Waals surface area contributed by atoms with Crippen molar-refractivity contribution < 1.29 is 4.79 Å². The number of halogens is 1. The molecule has 0 aliphatic heterocycles. The van der Waals surface area contributed by atoms with Gasteiger partial charge in [-0.1, -0.05) is 37.5 Å². The lowest BCUT2D eigenvalue weighted by atomic mass is 9.96. The van der Waals surface area contributed by atoms with E-state index in [9.17, 15) is 4.79 Å². The summed E-state index contributed by atoms with van der Waals surface area (Å²) in [5.74, 6) is 0.805. The fraction of sp³-hybridized carbons (Fsp3) is 0.556. The predicted molar refractivity (Wildman–Crippen MR) is 110 cm³/mol. The van der Waals surface area contributed by atoms with Gasteiger partial charge in [-0.25, -0.2) is 0 Å². The molecule has 0 atom stereocenters. The summed E-state index contributed by atoms with van der Waals surface area (Å²) in [5.41, 5.74) is 0.684. The van der Waals surface area contributed by atoms with Crippen molar-refractivity contribution in [2.75, 3.05) is 19.6 Å². The Morgan fingerprint density at radius 2 is 1.83 bits per heavy atom. The van der Waals surface area contributed by atoms with Crippen LogP contribution in [-0.2, 0) is 0 Å². The molecule has 24 heavy (non-hydrogen) atoms. The monoisotopic (exact) mass is 444 g/mol. The van der Waals surface area contributed by atoms with E-state index in [1.807, 2.05) is 30.3 Å². The Morgan fingerprint density at radius 1 is 1.12 bits per heavy atom. The van der Waals surface area contributed by atoms with Gasteiger partial charge in [0.05, 0.1) is 6.54 Å². The fourth-order valence-electron chi connectivity index (χ4n) is 2.79. The zero-order valence-corrected chi connectivity index (χ0v) is 16.7. The van der Waals surface area contributed by atoms with Gasteiger partial charge < -0.3 is 16.0 Å². The molecule has 1 aromatic carbocycles. The van der Waals surface area contributed by atoms with Crippen LogP contribution < -0.4 is 16.0 Å². The number of amides is 1. The molecule has 1 fully saturated rings. The van der Waals surface area contributed by atoms with Crippen molar-refractivity contribution in [3.8, 4) is 0 Å². The Bertz CT molecular complexity index is 501. The minimum Gasteiger partial charge on any atom is -0.357 e. The average molecular weight is 444 g/mol. The molecule has 1 aliphatic rings. The van der Waals surface area contributed by atoms with Gasteiger partial charge in [-0.05, 0) is 31.9 Å². The number of carbonyl (C=O) groups excluding carboxylic acids is 1. The molecule has 1 saturated carbocycles. The molecule has 134 valence electrons. The number of benzene rings is 1. The van der Waals surface area contributed by atoms with Crippen LogP contribution in [0, 0.1) is 0 Å². The molecule has 6 heteroatoms. The van der Waals surface area contributed by atoms with Crippen molar-refractivity contribution in [2.45, 2.75) is 45.1 Å². The van der Waals surface area contributed by atoms with E-state index in [1.165, 1.54) is 32.1 Å². The number of nitrogens with one attached hydrogen (secondary N) is 3. The first-order valence-corrected chi connectivity index (χ1v) is 8.67. The maximum Gasteiger partial charge on any atom is 0.251 e. The molecular weight excluding hydrogens is 415 g/mol. The number of nitrogens with zero attached hydrogens (tertiary/aromatic N) is 1. The molecule has 0 aromatic heterocycles. The van der Waals surface area contributed by atoms with E-state index in [0.29, 0.717) is 24.7 Å². The molecule has 5 nitrogen and oxygen atoms in total. The minimum atomic E-state index is -0.0500. The molecule has 1 aromatic rings. The largest absolute Gasteiger partial charge is 0.357 e. The van der Waals surface area contributed by atoms with E-state index in [4.69, 9.17) is 0 Å². The minimum absolute atomic E-state index is 0. The Hall–Kier alpha value is -1.31. The van der Waals surface area contributed by atoms with Gasteiger partial charge in [0.25, 0.3) is 5.91 Å². The zero-order chi connectivity index (χ0) is 16.3. The van der Waals surface area contributed by atoms with Gasteiger partial charge in [0.1, 0.15) is 0 Å². The Balaban J connectivity index is 0.00000288. The lowest BCUT2D eigenvalue weighted by molar-refractivity contribution is 0.0955. The molecular formula is C18H29IN4O. The first kappa shape index (κ1) is 20.7. The normalized spacial score (nSPS) is 15.3. The van der Waals surface area contributed by atoms with Crippen molar-refractivity contribution in [3.05, 3.63) is 35.9 Å². The fourth-order valence-corrected chi connectivity index (χ4v) is 2.79. The van der Waals surface area contributed by atoms with E-state index < -0.39 is 0 Å². The lowest BCUT2D eigenvalue weighted by Crippen LogP contribution is -2.44. The molecule has 0 spiro atoms. The third kappa shape index (κ3) is 7.51. The highest BCUT2D eigenvalue weighted by molar-refractivity contribution is 14.0. The summed E-state index contributed by atoms with van der Waals surface area (Å²) in [6.07, 6.45) is 6.37. The second kappa shape index (κ2) is 12.1. The van der Waals surface area contributed by atoms with Crippen LogP contribution in [-0.4, -0.2) is 37.5 Å². The average Bonchev–Trinajstić information content (AvgIpc) is 2.60. The third-order valence-corrected chi connectivity index (χ3v) is 3.99. The van der Waals surface area contributed by atoms with Crippen LogP contribution in [0.15, 0.2) is 35.3 Å². The molecule has 1 amide bonds. The quantitative estimate of drug-likeness (QED) is 0.274. The maximum absolute atomic E-state index is 11.9. The number of carbonyl (C=O) groups is 1. The van der Waals surface area contributed by atoms with Crippen molar-refractivity contribution in [1.82, 2.24) is 16.0 Å². The molecule has 0 heterocycles. The Morgan fingerprint density at radius 3 is 2.50 bits per heavy atom. The van der Waals surface area contributed by atoms with E-state index in [2.05, 4.69) is 27.9 Å². The van der Waals surface area contributed by atoms with Crippen molar-refractivity contribution in [3.63, 3.8) is 0 Å². The van der Waals surface area contributed by atoms with Gasteiger partial charge in [-0.3, -0.25) is 9.79 Å². The molecule has 2 rings (SSSR count). The van der Waals surface area contributed by atoms with Crippen molar-refractivity contribution in [1.29, 1.82) is 0 Å². The van der Waals surface area contributed by atoms with Crippen LogP contribution in [0.1, 0.15) is 49.4 Å². The summed E-state index contributed by atoms with van der Waals surface area (Å²) in [5, 5.41) is 9.68. The van der Waals surface area contributed by atoms with Gasteiger partial charge in [-0.15, -0.1) is 24.0 Å². The van der Waals surface area contributed by atoms with Gasteiger partial charge >= 0.3 is 0 Å². The van der Waals surface area contributed by atoms with Crippen LogP contribution in [0.2, 0.25) is 0 Å². The van der Waals surface area contributed by atoms with Crippen LogP contribution in [0.3, 0.4) is 0 Å². The SMILES string of the molecule is CCNC(=NCCNC(=O)c1ccccc1)NC1CCCCC1.I. The van der Waals surface area contributed by atoms with Crippen LogP contribution in [0.5, 0.6) is 0 Å². The van der Waals surface area contributed by atoms with E-state index in [-0.39, 0.29) is 29.9 Å². The van der Waals surface area contributed by atoms with Crippen LogP contribution in [0.4, 0.5) is 0 Å². The van der Waals surface area contributed by atoms with Crippen LogP contribution in [0.25, 0.3) is 0 Å². The predicted octanol–water partition coefficient (Wildman–Crippen LogP) is 2.92. The maximum atomic E-state index is 11.9. The Kier molecular flexibility index (Phi) is 10.5. The lowest BCUT2D eigenvalue weighted by Gasteiger charge is -2.24. The Labute approximate surface area is 162 Å². The second-order valence-electron chi connectivity index (χ2n) is 5.86. The van der Waals surface area contributed by atoms with Gasteiger partial charge in [-0.2, -0.15) is 0 Å². The first-order valence-electron chi connectivity index (χ1n) is 8.67. The number of guanidine groups is 1. The molecule has 0 radical (unpaired) electrons. The molecule has 0 saturated heterocycles. The third-order valence-electron chi connectivity index (χ3n) is 3.99. The number of hydrogen-bond acceptors (Lipinski definition) is 2. The van der Waals surface area contributed by atoms with E-state index in [0.717, 1.165) is 12.5 Å². The highest BCUT2D eigenvalue weighted by Crippen LogP contribution is 2.17. The summed E-state index contributed by atoms with van der Waals surface area (Å²) >= 11 is 0. The molecule has 0 unspecified atom stereocenters.